The van der Waals surface area contributed by atoms with E-state index < -0.39 is 6.10 Å². The first-order chi connectivity index (χ1) is 8.24. The fourth-order valence-electron chi connectivity index (χ4n) is 1.86. The molecule has 0 bridgehead atoms. The van der Waals surface area contributed by atoms with Gasteiger partial charge in [0.05, 0.1) is 6.10 Å². The van der Waals surface area contributed by atoms with Gasteiger partial charge < -0.3 is 9.84 Å². The van der Waals surface area contributed by atoms with Crippen molar-refractivity contribution in [2.75, 3.05) is 6.61 Å². The minimum Gasteiger partial charge on any atom is -0.480 e. The summed E-state index contributed by atoms with van der Waals surface area (Å²) < 4.78 is 5.56. The maximum atomic E-state index is 9.73. The summed E-state index contributed by atoms with van der Waals surface area (Å²) in [7, 11) is 0. The standard InChI is InChI=1S/C15H14O2/c1-3-10-17-15-13(11(2)16)9-8-12-6-4-5-7-14(12)15/h1,4-9,11,16H,10H2,2H3/t11-/m1/s1. The Hall–Kier alpha value is -1.98. The molecule has 17 heavy (non-hydrogen) atoms. The molecule has 0 aliphatic carbocycles. The topological polar surface area (TPSA) is 29.5 Å². The number of aliphatic hydroxyl groups is 1. The van der Waals surface area contributed by atoms with Gasteiger partial charge in [-0.3, -0.25) is 0 Å². The largest absolute Gasteiger partial charge is 0.480 e. The molecule has 0 unspecified atom stereocenters. The van der Waals surface area contributed by atoms with Gasteiger partial charge in [0.25, 0.3) is 0 Å². The Kier molecular flexibility index (Phi) is 3.32. The highest BCUT2D eigenvalue weighted by Crippen LogP contribution is 2.33. The Morgan fingerprint density at radius 2 is 2.06 bits per heavy atom. The molecule has 2 nitrogen and oxygen atoms in total. The number of aliphatic hydroxyl groups excluding tert-OH is 1. The molecule has 2 aromatic rings. The quantitative estimate of drug-likeness (QED) is 0.815. The third-order valence-electron chi connectivity index (χ3n) is 2.66. The molecule has 1 atom stereocenters. The third kappa shape index (κ3) is 2.25. The molecule has 0 aliphatic heterocycles. The van der Waals surface area contributed by atoms with Crippen LogP contribution in [0.25, 0.3) is 10.8 Å². The van der Waals surface area contributed by atoms with Crippen LogP contribution in [0.15, 0.2) is 36.4 Å². The van der Waals surface area contributed by atoms with Crippen LogP contribution in [0.3, 0.4) is 0 Å². The number of hydrogen-bond donors (Lipinski definition) is 1. The van der Waals surface area contributed by atoms with Gasteiger partial charge in [0.15, 0.2) is 0 Å². The van der Waals surface area contributed by atoms with Crippen LogP contribution in [-0.4, -0.2) is 11.7 Å². The number of terminal acetylenes is 1. The van der Waals surface area contributed by atoms with Crippen LogP contribution in [0.5, 0.6) is 5.75 Å². The second kappa shape index (κ2) is 4.90. The number of hydrogen-bond acceptors (Lipinski definition) is 2. The van der Waals surface area contributed by atoms with Crippen molar-refractivity contribution in [2.45, 2.75) is 13.0 Å². The minimum absolute atomic E-state index is 0.202. The highest BCUT2D eigenvalue weighted by atomic mass is 16.5. The van der Waals surface area contributed by atoms with Crippen molar-refractivity contribution >= 4 is 10.8 Å². The zero-order valence-corrected chi connectivity index (χ0v) is 9.68. The predicted molar refractivity (Wildman–Crippen MR) is 68.9 cm³/mol. The monoisotopic (exact) mass is 226 g/mol. The summed E-state index contributed by atoms with van der Waals surface area (Å²) in [6, 6.07) is 11.7. The van der Waals surface area contributed by atoms with Crippen molar-refractivity contribution in [3.63, 3.8) is 0 Å². The summed E-state index contributed by atoms with van der Waals surface area (Å²) in [6.45, 7) is 1.92. The molecular weight excluding hydrogens is 212 g/mol. The number of benzene rings is 2. The van der Waals surface area contributed by atoms with Crippen molar-refractivity contribution in [3.8, 4) is 18.1 Å². The van der Waals surface area contributed by atoms with Gasteiger partial charge in [-0.25, -0.2) is 0 Å². The van der Waals surface area contributed by atoms with Crippen LogP contribution in [-0.2, 0) is 0 Å². The van der Waals surface area contributed by atoms with Crippen LogP contribution in [0.4, 0.5) is 0 Å². The normalized spacial score (nSPS) is 12.1. The van der Waals surface area contributed by atoms with Gasteiger partial charge in [-0.1, -0.05) is 42.3 Å². The lowest BCUT2D eigenvalue weighted by atomic mass is 10.0. The lowest BCUT2D eigenvalue weighted by molar-refractivity contribution is 0.193. The zero-order valence-electron chi connectivity index (χ0n) is 9.68. The Morgan fingerprint density at radius 1 is 1.29 bits per heavy atom. The van der Waals surface area contributed by atoms with Gasteiger partial charge in [-0.2, -0.15) is 0 Å². The molecule has 86 valence electrons. The first kappa shape index (κ1) is 11.5. The van der Waals surface area contributed by atoms with Crippen molar-refractivity contribution < 1.29 is 9.84 Å². The van der Waals surface area contributed by atoms with Gasteiger partial charge in [-0.15, -0.1) is 6.42 Å². The fourth-order valence-corrected chi connectivity index (χ4v) is 1.86. The van der Waals surface area contributed by atoms with Crippen LogP contribution >= 0.6 is 0 Å². The lowest BCUT2D eigenvalue weighted by Crippen LogP contribution is -2.01. The van der Waals surface area contributed by atoms with E-state index in [1.54, 1.807) is 6.92 Å². The van der Waals surface area contributed by atoms with E-state index in [-0.39, 0.29) is 6.61 Å². The SMILES string of the molecule is C#CCOc1c([C@@H](C)O)ccc2ccccc12. The molecule has 0 spiro atoms. The molecule has 0 aliphatic rings. The summed E-state index contributed by atoms with van der Waals surface area (Å²) in [5.41, 5.74) is 0.763. The van der Waals surface area contributed by atoms with Crippen LogP contribution in [0.2, 0.25) is 0 Å². The van der Waals surface area contributed by atoms with E-state index >= 15 is 0 Å². The molecule has 0 radical (unpaired) electrons. The third-order valence-corrected chi connectivity index (χ3v) is 2.66. The first-order valence-electron chi connectivity index (χ1n) is 5.50. The molecule has 0 saturated carbocycles. The van der Waals surface area contributed by atoms with E-state index in [1.165, 1.54) is 0 Å². The number of ether oxygens (including phenoxy) is 1. The van der Waals surface area contributed by atoms with E-state index in [0.29, 0.717) is 5.75 Å². The molecule has 0 aromatic heterocycles. The highest BCUT2D eigenvalue weighted by molar-refractivity contribution is 5.89. The summed E-state index contributed by atoms with van der Waals surface area (Å²) in [5.74, 6) is 3.12. The Morgan fingerprint density at radius 3 is 2.76 bits per heavy atom. The molecule has 0 heterocycles. The second-order valence-corrected chi connectivity index (χ2v) is 3.87. The van der Waals surface area contributed by atoms with Crippen molar-refractivity contribution in [1.82, 2.24) is 0 Å². The van der Waals surface area contributed by atoms with Crippen molar-refractivity contribution in [3.05, 3.63) is 42.0 Å². The van der Waals surface area contributed by atoms with E-state index in [0.717, 1.165) is 16.3 Å². The molecule has 2 rings (SSSR count). The fraction of sp³-hybridized carbons (Fsp3) is 0.200. The van der Waals surface area contributed by atoms with E-state index in [4.69, 9.17) is 11.2 Å². The predicted octanol–water partition coefficient (Wildman–Crippen LogP) is 2.91. The number of rotatable bonds is 3. The smallest absolute Gasteiger partial charge is 0.148 e. The maximum Gasteiger partial charge on any atom is 0.148 e. The molecule has 0 saturated heterocycles. The van der Waals surface area contributed by atoms with Gasteiger partial charge in [-0.05, 0) is 12.3 Å². The Bertz CT molecular complexity index is 565. The molecule has 1 N–H and O–H groups in total. The minimum atomic E-state index is -0.576. The van der Waals surface area contributed by atoms with Crippen molar-refractivity contribution in [2.24, 2.45) is 0 Å². The van der Waals surface area contributed by atoms with Gasteiger partial charge in [0.2, 0.25) is 0 Å². The van der Waals surface area contributed by atoms with Gasteiger partial charge in [0, 0.05) is 10.9 Å². The van der Waals surface area contributed by atoms with Crippen LogP contribution < -0.4 is 4.74 Å². The van der Waals surface area contributed by atoms with Crippen LogP contribution in [0.1, 0.15) is 18.6 Å². The first-order valence-corrected chi connectivity index (χ1v) is 5.50. The molecule has 2 aromatic carbocycles. The molecule has 2 heteroatoms. The summed E-state index contributed by atoms with van der Waals surface area (Å²) in [5, 5.41) is 11.8. The van der Waals surface area contributed by atoms with Crippen molar-refractivity contribution in [1.29, 1.82) is 0 Å². The van der Waals surface area contributed by atoms with E-state index in [2.05, 4.69) is 5.92 Å². The van der Waals surface area contributed by atoms with E-state index in [1.807, 2.05) is 36.4 Å². The van der Waals surface area contributed by atoms with Gasteiger partial charge in [0.1, 0.15) is 12.4 Å². The Labute approximate surface area is 101 Å². The van der Waals surface area contributed by atoms with E-state index in [9.17, 15) is 5.11 Å². The summed E-state index contributed by atoms with van der Waals surface area (Å²) in [6.07, 6.45) is 4.63. The lowest BCUT2D eigenvalue weighted by Gasteiger charge is -2.14. The highest BCUT2D eigenvalue weighted by Gasteiger charge is 2.12. The van der Waals surface area contributed by atoms with Crippen LogP contribution in [0, 0.1) is 12.3 Å². The molecule has 0 fully saturated rings. The number of fused-ring (bicyclic) bond motifs is 1. The average molecular weight is 226 g/mol. The summed E-state index contributed by atoms with van der Waals surface area (Å²) >= 11 is 0. The zero-order chi connectivity index (χ0) is 12.3. The second-order valence-electron chi connectivity index (χ2n) is 3.87. The average Bonchev–Trinajstić information content (AvgIpc) is 2.35. The Balaban J connectivity index is 2.62. The maximum absolute atomic E-state index is 9.73. The molecule has 0 amide bonds. The summed E-state index contributed by atoms with van der Waals surface area (Å²) in [4.78, 5) is 0. The van der Waals surface area contributed by atoms with Gasteiger partial charge >= 0.3 is 0 Å². The molecular formula is C15H14O2.